The van der Waals surface area contributed by atoms with Crippen LogP contribution in [0.25, 0.3) is 11.3 Å². The number of carbonyl (C=O) groups excluding carboxylic acids is 1. The number of halogens is 4. The van der Waals surface area contributed by atoms with Gasteiger partial charge in [-0.1, -0.05) is 23.7 Å². The number of carbonyl (C=O) groups is 1. The van der Waals surface area contributed by atoms with E-state index < -0.39 is 39.8 Å². The molecule has 0 saturated carbocycles. The zero-order valence-electron chi connectivity index (χ0n) is 20.6. The molecule has 210 valence electrons. The third kappa shape index (κ3) is 7.06. The molecule has 2 unspecified atom stereocenters. The molecule has 0 radical (unpaired) electrons. The van der Waals surface area contributed by atoms with Gasteiger partial charge >= 0.3 is 6.18 Å². The largest absolute Gasteiger partial charge is 0.416 e. The normalized spacial score (nSPS) is 17.2. The molecule has 1 aliphatic rings. The molecule has 1 aromatic carbocycles. The smallest absolute Gasteiger partial charge is 0.392 e. The lowest BCUT2D eigenvalue weighted by atomic mass is 10.1. The maximum atomic E-state index is 13.1. The molecule has 3 heterocycles. The summed E-state index contributed by atoms with van der Waals surface area (Å²) in [6.07, 6.45) is -4.36. The second-order valence-corrected chi connectivity index (χ2v) is 12.8. The van der Waals surface area contributed by atoms with Gasteiger partial charge in [0, 0.05) is 18.7 Å². The van der Waals surface area contributed by atoms with Crippen LogP contribution in [0.1, 0.15) is 31.0 Å². The summed E-state index contributed by atoms with van der Waals surface area (Å²) in [7, 11) is -3.91. The number of hydrogen-bond donors (Lipinski definition) is 3. The fraction of sp³-hybridized carbons (Fsp3) is 0.375. The van der Waals surface area contributed by atoms with Gasteiger partial charge in [0.05, 0.1) is 33.9 Å². The van der Waals surface area contributed by atoms with Crippen molar-refractivity contribution in [2.75, 3.05) is 18.4 Å². The number of alkyl halides is 3. The average molecular weight is 604 g/mol. The van der Waals surface area contributed by atoms with Crippen molar-refractivity contribution < 1.29 is 31.5 Å². The van der Waals surface area contributed by atoms with Gasteiger partial charge in [-0.15, -0.1) is 11.3 Å². The van der Waals surface area contributed by atoms with Crippen LogP contribution < -0.4 is 10.6 Å². The van der Waals surface area contributed by atoms with Crippen molar-refractivity contribution >= 4 is 44.8 Å². The maximum Gasteiger partial charge on any atom is 0.416 e. The molecule has 2 atom stereocenters. The lowest BCUT2D eigenvalue weighted by molar-refractivity contribution is -0.137. The Morgan fingerprint density at radius 2 is 1.95 bits per heavy atom. The van der Waals surface area contributed by atoms with E-state index in [9.17, 15) is 31.5 Å². The summed E-state index contributed by atoms with van der Waals surface area (Å²) in [5.74, 6) is -0.399. The first-order valence-electron chi connectivity index (χ1n) is 11.9. The van der Waals surface area contributed by atoms with Crippen LogP contribution >= 0.6 is 22.9 Å². The number of amides is 1. The highest BCUT2D eigenvalue weighted by atomic mass is 35.5. The van der Waals surface area contributed by atoms with E-state index in [4.69, 9.17) is 11.6 Å². The minimum absolute atomic E-state index is 0.0537. The standard InChI is InChI=1S/C24H25ClF3N5O4S2/c1-14(34)12-30-23-31-17(11-18(32-23)15-4-6-16(7-5-15)24(26,27)28)13-29-22(35)19-3-2-10-33(19)39(36,37)21-9-8-20(25)38-21/h4-9,11,14,19,34H,2-3,10,12-13H2,1H3,(H,29,35)(H,30,31,32). The highest BCUT2D eigenvalue weighted by Crippen LogP contribution is 2.33. The van der Waals surface area contributed by atoms with Gasteiger partial charge in [0.2, 0.25) is 11.9 Å². The first kappa shape index (κ1) is 29.2. The van der Waals surface area contributed by atoms with Crippen LogP contribution in [0.15, 0.2) is 46.7 Å². The van der Waals surface area contributed by atoms with E-state index in [0.717, 1.165) is 27.8 Å². The van der Waals surface area contributed by atoms with Gasteiger partial charge in [-0.3, -0.25) is 4.79 Å². The summed E-state index contributed by atoms with van der Waals surface area (Å²) in [5, 5.41) is 15.2. The number of aliphatic hydroxyl groups excluding tert-OH is 1. The molecular formula is C24H25ClF3N5O4S2. The Morgan fingerprint density at radius 3 is 2.56 bits per heavy atom. The van der Waals surface area contributed by atoms with Crippen LogP contribution in [0, 0.1) is 0 Å². The minimum Gasteiger partial charge on any atom is -0.392 e. The molecule has 1 fully saturated rings. The molecule has 1 saturated heterocycles. The van der Waals surface area contributed by atoms with Gasteiger partial charge in [0.15, 0.2) is 0 Å². The number of aromatic nitrogens is 2. The fourth-order valence-electron chi connectivity index (χ4n) is 4.02. The number of hydrogen-bond acceptors (Lipinski definition) is 8. The predicted molar refractivity (Wildman–Crippen MR) is 141 cm³/mol. The van der Waals surface area contributed by atoms with Gasteiger partial charge in [-0.25, -0.2) is 18.4 Å². The zero-order chi connectivity index (χ0) is 28.4. The number of nitrogens with zero attached hydrogens (tertiary/aromatic N) is 3. The Balaban J connectivity index is 1.53. The molecule has 1 aliphatic heterocycles. The number of benzene rings is 1. The topological polar surface area (TPSA) is 125 Å². The summed E-state index contributed by atoms with van der Waals surface area (Å²) in [6, 6.07) is 7.94. The molecule has 15 heteroatoms. The number of anilines is 1. The van der Waals surface area contributed by atoms with Gasteiger partial charge < -0.3 is 15.7 Å². The molecule has 3 N–H and O–H groups in total. The lowest BCUT2D eigenvalue weighted by Crippen LogP contribution is -2.45. The number of sulfonamides is 1. The quantitative estimate of drug-likeness (QED) is 0.336. The highest BCUT2D eigenvalue weighted by Gasteiger charge is 2.40. The number of nitrogens with one attached hydrogen (secondary N) is 2. The number of thiophene rings is 1. The zero-order valence-corrected chi connectivity index (χ0v) is 23.0. The van der Waals surface area contributed by atoms with Crippen LogP contribution in [0.3, 0.4) is 0 Å². The Morgan fingerprint density at radius 1 is 1.23 bits per heavy atom. The number of aliphatic hydroxyl groups is 1. The minimum atomic E-state index is -4.49. The predicted octanol–water partition coefficient (Wildman–Crippen LogP) is 4.14. The molecule has 0 bridgehead atoms. The summed E-state index contributed by atoms with van der Waals surface area (Å²) < 4.78 is 66.6. The second kappa shape index (κ2) is 11.8. The van der Waals surface area contributed by atoms with E-state index in [2.05, 4.69) is 20.6 Å². The Labute approximate surface area is 232 Å². The molecular weight excluding hydrogens is 579 g/mol. The van der Waals surface area contributed by atoms with Crippen molar-refractivity contribution in [1.29, 1.82) is 0 Å². The Bertz CT molecular complexity index is 1430. The van der Waals surface area contributed by atoms with Crippen LogP contribution in [0.2, 0.25) is 4.34 Å². The second-order valence-electron chi connectivity index (χ2n) is 8.92. The average Bonchev–Trinajstić information content (AvgIpc) is 3.56. The van der Waals surface area contributed by atoms with Gasteiger partial charge in [0.25, 0.3) is 10.0 Å². The monoisotopic (exact) mass is 603 g/mol. The van der Waals surface area contributed by atoms with Crippen molar-refractivity contribution in [2.45, 2.75) is 48.8 Å². The molecule has 1 amide bonds. The third-order valence-electron chi connectivity index (χ3n) is 5.90. The first-order valence-corrected chi connectivity index (χ1v) is 14.5. The van der Waals surface area contributed by atoms with E-state index in [0.29, 0.717) is 34.1 Å². The first-order chi connectivity index (χ1) is 18.3. The molecule has 9 nitrogen and oxygen atoms in total. The van der Waals surface area contributed by atoms with Gasteiger partial charge in [0.1, 0.15) is 10.3 Å². The molecule has 4 rings (SSSR count). The number of rotatable bonds is 9. The van der Waals surface area contributed by atoms with Crippen LogP contribution in [-0.2, 0) is 27.5 Å². The highest BCUT2D eigenvalue weighted by molar-refractivity contribution is 7.91. The maximum absolute atomic E-state index is 13.1. The van der Waals surface area contributed by atoms with Crippen LogP contribution in [0.4, 0.5) is 19.1 Å². The summed E-state index contributed by atoms with van der Waals surface area (Å²) in [6.45, 7) is 1.77. The molecule has 0 spiro atoms. The van der Waals surface area contributed by atoms with Gasteiger partial charge in [-0.2, -0.15) is 17.5 Å². The van der Waals surface area contributed by atoms with E-state index >= 15 is 0 Å². The Hall–Kier alpha value is -2.78. The fourth-order valence-corrected chi connectivity index (χ4v) is 7.29. The van der Waals surface area contributed by atoms with Crippen molar-refractivity contribution in [3.05, 3.63) is 58.1 Å². The molecule has 0 aliphatic carbocycles. The van der Waals surface area contributed by atoms with Crippen molar-refractivity contribution in [2.24, 2.45) is 0 Å². The van der Waals surface area contributed by atoms with E-state index in [1.165, 1.54) is 30.3 Å². The van der Waals surface area contributed by atoms with Crippen LogP contribution in [0.5, 0.6) is 0 Å². The van der Waals surface area contributed by atoms with E-state index in [-0.39, 0.29) is 29.8 Å². The lowest BCUT2D eigenvalue weighted by Gasteiger charge is -2.22. The van der Waals surface area contributed by atoms with Crippen molar-refractivity contribution in [3.63, 3.8) is 0 Å². The van der Waals surface area contributed by atoms with Gasteiger partial charge in [-0.05, 0) is 50.1 Å². The molecule has 2 aromatic heterocycles. The summed E-state index contributed by atoms with van der Waals surface area (Å²) in [4.78, 5) is 21.7. The van der Waals surface area contributed by atoms with E-state index in [1.54, 1.807) is 6.92 Å². The SMILES string of the molecule is CC(O)CNc1nc(CNC(=O)C2CCCN2S(=O)(=O)c2ccc(Cl)s2)cc(-c2ccc(C(F)(F)F)cc2)n1. The summed E-state index contributed by atoms with van der Waals surface area (Å²) in [5.41, 5.74) is 0.219. The Kier molecular flexibility index (Phi) is 8.81. The summed E-state index contributed by atoms with van der Waals surface area (Å²) >= 11 is 6.82. The van der Waals surface area contributed by atoms with E-state index in [1.807, 2.05) is 0 Å². The molecule has 3 aromatic rings. The van der Waals surface area contributed by atoms with Crippen molar-refractivity contribution in [3.8, 4) is 11.3 Å². The third-order valence-corrected chi connectivity index (χ3v) is 9.51. The molecule has 39 heavy (non-hydrogen) atoms. The van der Waals surface area contributed by atoms with Crippen molar-refractivity contribution in [1.82, 2.24) is 19.6 Å². The van der Waals surface area contributed by atoms with Crippen LogP contribution in [-0.4, -0.2) is 58.9 Å².